The molecular formula is C6H11NO7P2+2. The number of hydrogen-bond donors (Lipinski definition) is 5. The average Bonchev–Trinajstić information content (AvgIpc) is 2.17. The zero-order valence-electron chi connectivity index (χ0n) is 7.91. The van der Waals surface area contributed by atoms with Crippen LogP contribution < -0.4 is 0 Å². The van der Waals surface area contributed by atoms with Gasteiger partial charge in [-0.15, -0.1) is 19.6 Å². The van der Waals surface area contributed by atoms with Gasteiger partial charge in [-0.1, -0.05) is 0 Å². The molecule has 1 aromatic heterocycles. The van der Waals surface area contributed by atoms with Gasteiger partial charge in [-0.25, -0.2) is 0 Å². The summed E-state index contributed by atoms with van der Waals surface area (Å²) in [6.07, 6.45) is 3.32. The molecule has 5 N–H and O–H groups in total. The molecule has 0 aliphatic rings. The van der Waals surface area contributed by atoms with Gasteiger partial charge >= 0.3 is 16.5 Å². The lowest BCUT2D eigenvalue weighted by atomic mass is 10.3. The van der Waals surface area contributed by atoms with E-state index in [0.29, 0.717) is 0 Å². The van der Waals surface area contributed by atoms with E-state index in [0.717, 1.165) is 5.56 Å². The van der Waals surface area contributed by atoms with E-state index in [1.54, 1.807) is 24.5 Å². The summed E-state index contributed by atoms with van der Waals surface area (Å²) in [5.74, 6) is 0. The van der Waals surface area contributed by atoms with Gasteiger partial charge in [-0.2, -0.15) is 0 Å². The second kappa shape index (κ2) is 12.2. The average molecular weight is 271 g/mol. The standard InChI is InChI=1S/C6H7NO.2HO3P/c8-5-6-1-3-7-4-2-6;2*1-4(2)3/h1-4,8H,5H2;2*(H-,1,2,3)/p+2. The number of rotatable bonds is 1. The molecule has 0 aromatic carbocycles. The fraction of sp³-hybridized carbons (Fsp3) is 0.167. The molecule has 1 aromatic rings. The molecule has 0 aliphatic heterocycles. The molecule has 8 nitrogen and oxygen atoms in total. The fourth-order valence-electron chi connectivity index (χ4n) is 0.488. The molecule has 1 heterocycles. The molecule has 0 spiro atoms. The van der Waals surface area contributed by atoms with Crippen LogP contribution in [0.2, 0.25) is 0 Å². The monoisotopic (exact) mass is 271 g/mol. The summed E-state index contributed by atoms with van der Waals surface area (Å²) in [7, 11) is -5.74. The third-order valence-electron chi connectivity index (χ3n) is 0.932. The third kappa shape index (κ3) is 23.2. The van der Waals surface area contributed by atoms with E-state index in [4.69, 9.17) is 33.8 Å². The van der Waals surface area contributed by atoms with Crippen LogP contribution >= 0.6 is 16.5 Å². The summed E-state index contributed by atoms with van der Waals surface area (Å²) in [6, 6.07) is 3.56. The molecule has 1 rings (SSSR count). The number of nitrogens with zero attached hydrogens (tertiary/aromatic N) is 1. The zero-order chi connectivity index (χ0) is 13.0. The summed E-state index contributed by atoms with van der Waals surface area (Å²) < 4.78 is 17.4. The number of aromatic nitrogens is 1. The summed E-state index contributed by atoms with van der Waals surface area (Å²) in [5.41, 5.74) is 0.903. The molecule has 0 saturated heterocycles. The van der Waals surface area contributed by atoms with Gasteiger partial charge in [0.25, 0.3) is 0 Å². The molecule has 0 radical (unpaired) electrons. The highest BCUT2D eigenvalue weighted by Crippen LogP contribution is 1.99. The zero-order valence-corrected chi connectivity index (χ0v) is 9.70. The lowest BCUT2D eigenvalue weighted by molar-refractivity contribution is 0.281. The van der Waals surface area contributed by atoms with Crippen LogP contribution in [0.1, 0.15) is 5.56 Å². The first kappa shape index (κ1) is 17.5. The van der Waals surface area contributed by atoms with E-state index in [-0.39, 0.29) is 6.61 Å². The van der Waals surface area contributed by atoms with E-state index < -0.39 is 16.5 Å². The van der Waals surface area contributed by atoms with Crippen molar-refractivity contribution >= 4 is 16.5 Å². The summed E-state index contributed by atoms with van der Waals surface area (Å²) in [4.78, 5) is 32.3. The van der Waals surface area contributed by atoms with Gasteiger partial charge < -0.3 is 5.11 Å². The van der Waals surface area contributed by atoms with Gasteiger partial charge in [0.2, 0.25) is 0 Å². The maximum atomic E-state index is 8.70. The Morgan fingerprint density at radius 3 is 1.50 bits per heavy atom. The van der Waals surface area contributed by atoms with Crippen molar-refractivity contribution in [1.82, 2.24) is 4.98 Å². The van der Waals surface area contributed by atoms with Gasteiger partial charge in [-0.3, -0.25) is 4.98 Å². The number of pyridine rings is 1. The fourth-order valence-corrected chi connectivity index (χ4v) is 0.488. The van der Waals surface area contributed by atoms with Crippen LogP contribution in [0, 0.1) is 0 Å². The Morgan fingerprint density at radius 2 is 1.31 bits per heavy atom. The Labute approximate surface area is 92.8 Å². The molecule has 10 heteroatoms. The van der Waals surface area contributed by atoms with E-state index in [1.807, 2.05) is 0 Å². The van der Waals surface area contributed by atoms with Gasteiger partial charge in [0.1, 0.15) is 0 Å². The number of hydrogen-bond acceptors (Lipinski definition) is 4. The minimum Gasteiger partial charge on any atom is -0.392 e. The summed E-state index contributed by atoms with van der Waals surface area (Å²) in [6.45, 7) is 0.0997. The highest BCUT2D eigenvalue weighted by atomic mass is 31.1. The van der Waals surface area contributed by atoms with Crippen molar-refractivity contribution in [3.8, 4) is 0 Å². The first-order valence-electron chi connectivity index (χ1n) is 3.60. The normalized spacial score (nSPS) is 7.81. The molecular weight excluding hydrogens is 260 g/mol. The first-order valence-corrected chi connectivity index (χ1v) is 5.93. The number of aliphatic hydroxyl groups excluding tert-OH is 1. The minimum absolute atomic E-state index is 0.0997. The highest BCUT2D eigenvalue weighted by molar-refractivity contribution is 7.31. The quantitative estimate of drug-likeness (QED) is 0.442. The maximum Gasteiger partial charge on any atom is 0.692 e. The molecule has 90 valence electrons. The molecule has 0 fully saturated rings. The van der Waals surface area contributed by atoms with Gasteiger partial charge in [0, 0.05) is 21.5 Å². The lowest BCUT2D eigenvalue weighted by Gasteiger charge is -1.88. The van der Waals surface area contributed by atoms with Crippen LogP contribution in [-0.2, 0) is 15.7 Å². The van der Waals surface area contributed by atoms with Crippen LogP contribution in [0.4, 0.5) is 0 Å². The van der Waals surface area contributed by atoms with E-state index in [9.17, 15) is 0 Å². The summed E-state index contributed by atoms with van der Waals surface area (Å²) >= 11 is 0. The lowest BCUT2D eigenvalue weighted by Crippen LogP contribution is -1.80. The van der Waals surface area contributed by atoms with Crippen molar-refractivity contribution < 1.29 is 33.8 Å². The predicted molar refractivity (Wildman–Crippen MR) is 54.2 cm³/mol. The van der Waals surface area contributed by atoms with Crippen molar-refractivity contribution in [2.75, 3.05) is 0 Å². The van der Waals surface area contributed by atoms with Crippen molar-refractivity contribution in [2.24, 2.45) is 0 Å². The smallest absolute Gasteiger partial charge is 0.392 e. The van der Waals surface area contributed by atoms with E-state index in [2.05, 4.69) is 4.98 Å². The highest BCUT2D eigenvalue weighted by Gasteiger charge is 1.93. The molecule has 0 bridgehead atoms. The van der Waals surface area contributed by atoms with Crippen molar-refractivity contribution in [3.63, 3.8) is 0 Å². The van der Waals surface area contributed by atoms with Crippen LogP contribution in [-0.4, -0.2) is 29.7 Å². The minimum atomic E-state index is -2.87. The van der Waals surface area contributed by atoms with Crippen LogP contribution in [0.25, 0.3) is 0 Å². The molecule has 0 atom stereocenters. The topological polar surface area (TPSA) is 148 Å². The number of aliphatic hydroxyl groups is 1. The van der Waals surface area contributed by atoms with Crippen molar-refractivity contribution in [1.29, 1.82) is 0 Å². The van der Waals surface area contributed by atoms with Gasteiger partial charge in [-0.05, 0) is 17.7 Å². The second-order valence-corrected chi connectivity index (χ2v) is 3.03. The van der Waals surface area contributed by atoms with Crippen molar-refractivity contribution in [2.45, 2.75) is 6.61 Å². The Balaban J connectivity index is 0. The Kier molecular flexibility index (Phi) is 13.4. The molecule has 16 heavy (non-hydrogen) atoms. The van der Waals surface area contributed by atoms with Crippen LogP contribution in [0.15, 0.2) is 24.5 Å². The molecule has 0 aliphatic carbocycles. The maximum absolute atomic E-state index is 8.70. The summed E-state index contributed by atoms with van der Waals surface area (Å²) in [5, 5.41) is 8.51. The van der Waals surface area contributed by atoms with Gasteiger partial charge in [0.05, 0.1) is 6.61 Å². The molecule has 0 saturated carbocycles. The van der Waals surface area contributed by atoms with Crippen molar-refractivity contribution in [3.05, 3.63) is 30.1 Å². The third-order valence-corrected chi connectivity index (χ3v) is 0.932. The van der Waals surface area contributed by atoms with Crippen LogP contribution in [0.3, 0.4) is 0 Å². The van der Waals surface area contributed by atoms with E-state index >= 15 is 0 Å². The van der Waals surface area contributed by atoms with Crippen LogP contribution in [0.5, 0.6) is 0 Å². The Morgan fingerprint density at radius 1 is 1.00 bits per heavy atom. The molecule has 0 unspecified atom stereocenters. The Hall–Kier alpha value is -0.850. The van der Waals surface area contributed by atoms with E-state index in [1.165, 1.54) is 0 Å². The van der Waals surface area contributed by atoms with Gasteiger partial charge in [0.15, 0.2) is 0 Å². The second-order valence-electron chi connectivity index (χ2n) is 2.02. The molecule has 0 amide bonds. The SMILES string of the molecule is O=[P+](O)O.O=[P+](O)O.OCc1ccncc1. The largest absolute Gasteiger partial charge is 0.692 e. The Bertz CT molecular complexity index is 287. The predicted octanol–water partition coefficient (Wildman–Crippen LogP) is -0.169. The first-order chi connectivity index (χ1) is 7.40.